The van der Waals surface area contributed by atoms with Gasteiger partial charge in [0.25, 0.3) is 5.78 Å². The fourth-order valence-electron chi connectivity index (χ4n) is 2.49. The summed E-state index contributed by atoms with van der Waals surface area (Å²) in [5.41, 5.74) is 3.38. The van der Waals surface area contributed by atoms with Crippen molar-refractivity contribution in [2.75, 3.05) is 7.05 Å². The van der Waals surface area contributed by atoms with Crippen LogP contribution in [0.1, 0.15) is 17.0 Å². The van der Waals surface area contributed by atoms with Crippen molar-refractivity contribution in [1.82, 2.24) is 19.2 Å². The van der Waals surface area contributed by atoms with Gasteiger partial charge in [0.2, 0.25) is 4.77 Å². The Labute approximate surface area is 132 Å². The van der Waals surface area contributed by atoms with Crippen LogP contribution < -0.4 is 4.90 Å². The van der Waals surface area contributed by atoms with Crippen LogP contribution in [0.5, 0.6) is 0 Å². The molecule has 0 aromatic carbocycles. The van der Waals surface area contributed by atoms with Crippen molar-refractivity contribution in [2.45, 2.75) is 27.1 Å². The molecule has 0 bridgehead atoms. The molecule has 0 radical (unpaired) electrons. The Morgan fingerprint density at radius 2 is 2.19 bits per heavy atom. The van der Waals surface area contributed by atoms with Gasteiger partial charge >= 0.3 is 0 Å². The van der Waals surface area contributed by atoms with Gasteiger partial charge in [-0.3, -0.25) is 4.40 Å². The maximum atomic E-state index is 5.54. The lowest BCUT2D eigenvalue weighted by Gasteiger charge is -2.12. The van der Waals surface area contributed by atoms with Crippen LogP contribution in [0.4, 0.5) is 0 Å². The van der Waals surface area contributed by atoms with Crippen LogP contribution in [0.3, 0.4) is 0 Å². The van der Waals surface area contributed by atoms with Crippen molar-refractivity contribution < 1.29 is 4.90 Å². The molecule has 1 unspecified atom stereocenters. The van der Waals surface area contributed by atoms with E-state index in [0.717, 1.165) is 24.6 Å². The second-order valence-electron chi connectivity index (χ2n) is 5.38. The van der Waals surface area contributed by atoms with E-state index in [0.29, 0.717) is 10.5 Å². The van der Waals surface area contributed by atoms with E-state index in [1.807, 2.05) is 29.0 Å². The zero-order valence-electron chi connectivity index (χ0n) is 12.3. The first-order chi connectivity index (χ1) is 10.0. The van der Waals surface area contributed by atoms with Crippen molar-refractivity contribution >= 4 is 29.3 Å². The highest BCUT2D eigenvalue weighted by Gasteiger charge is 2.12. The van der Waals surface area contributed by atoms with Crippen molar-refractivity contribution in [3.05, 3.63) is 44.6 Å². The lowest BCUT2D eigenvalue weighted by Crippen LogP contribution is -3.06. The molecule has 21 heavy (non-hydrogen) atoms. The number of rotatable bonds is 4. The van der Waals surface area contributed by atoms with E-state index in [2.05, 4.69) is 34.0 Å². The molecule has 3 aromatic rings. The molecule has 3 heterocycles. The van der Waals surface area contributed by atoms with Gasteiger partial charge in [-0.05, 0) is 49.0 Å². The summed E-state index contributed by atoms with van der Waals surface area (Å²) in [6, 6.07) is 4.18. The Balaban J connectivity index is 1.89. The summed E-state index contributed by atoms with van der Waals surface area (Å²) in [6.45, 7) is 5.70. The van der Waals surface area contributed by atoms with Crippen LogP contribution >= 0.6 is 23.6 Å². The molecule has 0 amide bonds. The average molecular weight is 320 g/mol. The number of hydrogen-bond acceptors (Lipinski definition) is 4. The third-order valence-corrected chi connectivity index (χ3v) is 4.50. The van der Waals surface area contributed by atoms with Gasteiger partial charge in [0, 0.05) is 17.0 Å². The molecular formula is C14H18N5S2+. The zero-order chi connectivity index (χ0) is 15.0. The zero-order valence-corrected chi connectivity index (χ0v) is 14.0. The highest BCUT2D eigenvalue weighted by Crippen LogP contribution is 2.07. The summed E-state index contributed by atoms with van der Waals surface area (Å²) in [6.07, 6.45) is 0. The van der Waals surface area contributed by atoms with Crippen molar-refractivity contribution in [3.63, 3.8) is 0 Å². The van der Waals surface area contributed by atoms with Gasteiger partial charge in [0.05, 0.1) is 7.05 Å². The number of aryl methyl sites for hydroxylation is 2. The molecule has 0 saturated carbocycles. The standard InChI is InChI=1S/C14H17N5S2/c1-10-6-11(2)19-13(15-10)16-18(14(19)20)9-17(3)7-12-4-5-21-8-12/h4-6,8H,7,9H2,1-3H3/p+1. The van der Waals surface area contributed by atoms with Crippen LogP contribution in [0, 0.1) is 18.6 Å². The van der Waals surface area contributed by atoms with E-state index in [4.69, 9.17) is 12.2 Å². The smallest absolute Gasteiger partial charge is 0.254 e. The predicted octanol–water partition coefficient (Wildman–Crippen LogP) is 1.61. The molecule has 7 heteroatoms. The number of thiophene rings is 1. The highest BCUT2D eigenvalue weighted by atomic mass is 32.1. The molecular weight excluding hydrogens is 302 g/mol. The average Bonchev–Trinajstić information content (AvgIpc) is 2.98. The van der Waals surface area contributed by atoms with E-state index in [9.17, 15) is 0 Å². The maximum absolute atomic E-state index is 5.54. The van der Waals surface area contributed by atoms with Gasteiger partial charge in [0.15, 0.2) is 6.67 Å². The van der Waals surface area contributed by atoms with Crippen molar-refractivity contribution in [3.8, 4) is 0 Å². The molecule has 0 aliphatic heterocycles. The van der Waals surface area contributed by atoms with Gasteiger partial charge in [0.1, 0.15) is 6.54 Å². The fourth-order valence-corrected chi connectivity index (χ4v) is 3.49. The van der Waals surface area contributed by atoms with E-state index in [-0.39, 0.29) is 0 Å². The molecule has 0 saturated heterocycles. The Bertz CT molecular complexity index is 816. The second kappa shape index (κ2) is 5.67. The number of nitrogens with zero attached hydrogens (tertiary/aromatic N) is 4. The number of fused-ring (bicyclic) bond motifs is 1. The molecule has 1 N–H and O–H groups in total. The van der Waals surface area contributed by atoms with E-state index >= 15 is 0 Å². The van der Waals surface area contributed by atoms with Gasteiger partial charge in [-0.2, -0.15) is 16.0 Å². The first-order valence-electron chi connectivity index (χ1n) is 6.81. The third kappa shape index (κ3) is 2.90. The predicted molar refractivity (Wildman–Crippen MR) is 86.2 cm³/mol. The van der Waals surface area contributed by atoms with Crippen molar-refractivity contribution in [1.29, 1.82) is 0 Å². The third-order valence-electron chi connectivity index (χ3n) is 3.37. The largest absolute Gasteiger partial charge is 0.315 e. The molecule has 1 atom stereocenters. The summed E-state index contributed by atoms with van der Waals surface area (Å²) in [5, 5.41) is 8.84. The minimum Gasteiger partial charge on any atom is -0.315 e. The minimum absolute atomic E-state index is 0.681. The Morgan fingerprint density at radius 3 is 2.90 bits per heavy atom. The Hall–Kier alpha value is -1.57. The normalized spacial score (nSPS) is 12.9. The first-order valence-corrected chi connectivity index (χ1v) is 8.16. The molecule has 0 aliphatic rings. The molecule has 3 aromatic heterocycles. The van der Waals surface area contributed by atoms with Crippen LogP contribution in [0.2, 0.25) is 0 Å². The van der Waals surface area contributed by atoms with E-state index < -0.39 is 0 Å². The Morgan fingerprint density at radius 1 is 1.38 bits per heavy atom. The summed E-state index contributed by atoms with van der Waals surface area (Å²) in [5.74, 6) is 0.681. The van der Waals surface area contributed by atoms with Crippen molar-refractivity contribution in [2.24, 2.45) is 0 Å². The number of nitrogens with one attached hydrogen (secondary N) is 1. The number of quaternary nitrogens is 1. The second-order valence-corrected chi connectivity index (χ2v) is 6.53. The molecule has 3 rings (SSSR count). The van der Waals surface area contributed by atoms with E-state index in [1.54, 1.807) is 11.3 Å². The molecule has 0 fully saturated rings. The summed E-state index contributed by atoms with van der Waals surface area (Å²) in [7, 11) is 2.15. The summed E-state index contributed by atoms with van der Waals surface area (Å²) in [4.78, 5) is 5.79. The topological polar surface area (TPSA) is 39.6 Å². The van der Waals surface area contributed by atoms with E-state index in [1.165, 1.54) is 10.5 Å². The fraction of sp³-hybridized carbons (Fsp3) is 0.357. The van der Waals surface area contributed by atoms with Crippen LogP contribution in [-0.4, -0.2) is 26.2 Å². The van der Waals surface area contributed by atoms with Gasteiger partial charge < -0.3 is 4.90 Å². The van der Waals surface area contributed by atoms with Gasteiger partial charge in [-0.1, -0.05) is 0 Å². The van der Waals surface area contributed by atoms with Crippen LogP contribution in [0.25, 0.3) is 5.78 Å². The van der Waals surface area contributed by atoms with Gasteiger partial charge in [-0.15, -0.1) is 5.10 Å². The first kappa shape index (κ1) is 14.4. The maximum Gasteiger partial charge on any atom is 0.254 e. The molecule has 0 spiro atoms. The molecule has 5 nitrogen and oxygen atoms in total. The lowest BCUT2D eigenvalue weighted by atomic mass is 10.3. The number of hydrogen-bond donors (Lipinski definition) is 1. The Kier molecular flexibility index (Phi) is 3.88. The highest BCUT2D eigenvalue weighted by molar-refractivity contribution is 7.71. The quantitative estimate of drug-likeness (QED) is 0.743. The SMILES string of the molecule is Cc1cc(C)n2c(=S)n(C[NH+](C)Cc3ccsc3)nc2n1. The summed E-state index contributed by atoms with van der Waals surface area (Å²) < 4.78 is 4.51. The van der Waals surface area contributed by atoms with Gasteiger partial charge in [-0.25, -0.2) is 4.98 Å². The molecule has 110 valence electrons. The monoisotopic (exact) mass is 320 g/mol. The summed E-state index contributed by atoms with van der Waals surface area (Å²) >= 11 is 7.26. The minimum atomic E-state index is 0.681. The van der Waals surface area contributed by atoms with Crippen LogP contribution in [0.15, 0.2) is 22.9 Å². The van der Waals surface area contributed by atoms with Crippen LogP contribution in [-0.2, 0) is 13.2 Å². The number of aromatic nitrogens is 4. The lowest BCUT2D eigenvalue weighted by molar-refractivity contribution is -0.917. The molecule has 0 aliphatic carbocycles.